The van der Waals surface area contributed by atoms with Crippen LogP contribution in [0, 0.1) is 6.92 Å². The molecule has 4 rings (SSSR count). The maximum absolute atomic E-state index is 12.6. The second-order valence-electron chi connectivity index (χ2n) is 7.20. The number of carbonyl (C=O) groups is 1. The van der Waals surface area contributed by atoms with E-state index in [1.165, 1.54) is 0 Å². The minimum Gasteiger partial charge on any atom is -0.348 e. The first-order valence-corrected chi connectivity index (χ1v) is 9.45. The van der Waals surface area contributed by atoms with Crippen LogP contribution in [-0.4, -0.2) is 32.1 Å². The molecule has 1 aliphatic carbocycles. The van der Waals surface area contributed by atoms with Crippen LogP contribution >= 0.6 is 0 Å². The van der Waals surface area contributed by atoms with Crippen LogP contribution in [0.4, 0.5) is 0 Å². The third-order valence-electron chi connectivity index (χ3n) is 5.48. The minimum atomic E-state index is -0.0753. The summed E-state index contributed by atoms with van der Waals surface area (Å²) in [7, 11) is 0. The van der Waals surface area contributed by atoms with Crippen LogP contribution in [0.5, 0.6) is 0 Å². The Hall–Kier alpha value is -2.63. The van der Waals surface area contributed by atoms with Crippen LogP contribution in [0.2, 0.25) is 0 Å². The molecule has 6 heteroatoms. The van der Waals surface area contributed by atoms with Crippen molar-refractivity contribution in [3.63, 3.8) is 0 Å². The molecule has 136 valence electrons. The fraction of sp³-hybridized carbons (Fsp3) is 0.450. The van der Waals surface area contributed by atoms with Crippen LogP contribution in [0.25, 0.3) is 11.0 Å². The number of rotatable bonds is 4. The van der Waals surface area contributed by atoms with E-state index in [9.17, 15) is 4.79 Å². The Balaban J connectivity index is 1.46. The molecule has 0 aliphatic heterocycles. The van der Waals surface area contributed by atoms with Gasteiger partial charge < -0.3 is 10.3 Å². The highest BCUT2D eigenvalue weighted by atomic mass is 16.2. The second-order valence-corrected chi connectivity index (χ2v) is 7.20. The Morgan fingerprint density at radius 2 is 2.15 bits per heavy atom. The Morgan fingerprint density at radius 1 is 1.31 bits per heavy atom. The average Bonchev–Trinajstić information content (AvgIpc) is 3.25. The lowest BCUT2D eigenvalue weighted by atomic mass is 9.85. The third-order valence-corrected chi connectivity index (χ3v) is 5.48. The van der Waals surface area contributed by atoms with Gasteiger partial charge in [0.25, 0.3) is 5.91 Å². The maximum atomic E-state index is 12.6. The topological polar surface area (TPSA) is 86.5 Å². The fourth-order valence-electron chi connectivity index (χ4n) is 3.99. The first-order valence-electron chi connectivity index (χ1n) is 9.45. The molecule has 2 aromatic heterocycles. The van der Waals surface area contributed by atoms with Gasteiger partial charge in [-0.2, -0.15) is 5.10 Å². The number of hydrogen-bond donors (Lipinski definition) is 3. The molecule has 3 N–H and O–H groups in total. The number of carbonyl (C=O) groups excluding carboxylic acids is 1. The van der Waals surface area contributed by atoms with Crippen molar-refractivity contribution in [3.05, 3.63) is 47.0 Å². The highest BCUT2D eigenvalue weighted by Crippen LogP contribution is 2.32. The smallest absolute Gasteiger partial charge is 0.272 e. The van der Waals surface area contributed by atoms with Crippen molar-refractivity contribution in [1.82, 2.24) is 25.5 Å². The van der Waals surface area contributed by atoms with Crippen molar-refractivity contribution >= 4 is 16.9 Å². The van der Waals surface area contributed by atoms with E-state index in [-0.39, 0.29) is 11.9 Å². The van der Waals surface area contributed by atoms with Gasteiger partial charge in [0, 0.05) is 23.2 Å². The number of H-pyrrole nitrogens is 2. The monoisotopic (exact) mass is 351 g/mol. The summed E-state index contributed by atoms with van der Waals surface area (Å²) < 4.78 is 0. The molecule has 26 heavy (non-hydrogen) atoms. The largest absolute Gasteiger partial charge is 0.348 e. The third kappa shape index (κ3) is 3.11. The molecule has 0 radical (unpaired) electrons. The van der Waals surface area contributed by atoms with Gasteiger partial charge in [0.1, 0.15) is 5.82 Å². The van der Waals surface area contributed by atoms with E-state index in [1.807, 2.05) is 25.1 Å². The van der Waals surface area contributed by atoms with Crippen LogP contribution in [0.15, 0.2) is 24.3 Å². The van der Waals surface area contributed by atoms with Crippen LogP contribution < -0.4 is 5.32 Å². The number of hydrogen-bond acceptors (Lipinski definition) is 3. The summed E-state index contributed by atoms with van der Waals surface area (Å²) in [5.41, 5.74) is 4.59. The number of fused-ring (bicyclic) bond motifs is 1. The van der Waals surface area contributed by atoms with Gasteiger partial charge >= 0.3 is 0 Å². The summed E-state index contributed by atoms with van der Waals surface area (Å²) in [6.45, 7) is 4.01. The van der Waals surface area contributed by atoms with Crippen molar-refractivity contribution < 1.29 is 4.79 Å². The predicted molar refractivity (Wildman–Crippen MR) is 101 cm³/mol. The standard InChI is InChI=1S/C20H25N5O/c1-3-15-12(2)18(25-24-15)20(26)21-14-8-6-7-13(11-14)19-22-16-9-4-5-10-17(16)23-19/h4-5,9-10,13-14H,3,6-8,11H2,1-2H3,(H,21,26)(H,22,23)(H,24,25). The Morgan fingerprint density at radius 3 is 2.92 bits per heavy atom. The number of aromatic amines is 2. The molecule has 1 saturated carbocycles. The second kappa shape index (κ2) is 6.94. The molecule has 2 unspecified atom stereocenters. The number of para-hydroxylation sites is 2. The van der Waals surface area contributed by atoms with Gasteiger partial charge in [0.2, 0.25) is 0 Å². The molecule has 0 saturated heterocycles. The van der Waals surface area contributed by atoms with E-state index in [2.05, 4.69) is 33.5 Å². The SMILES string of the molecule is CCc1[nH]nc(C(=O)NC2CCCC(c3nc4ccccc4[nH]3)C2)c1C. The molecule has 3 aromatic rings. The fourth-order valence-corrected chi connectivity index (χ4v) is 3.99. The van der Waals surface area contributed by atoms with Crippen LogP contribution in [0.1, 0.15) is 66.1 Å². The Labute approximate surface area is 152 Å². The number of aromatic nitrogens is 4. The zero-order valence-electron chi connectivity index (χ0n) is 15.3. The molecule has 1 aromatic carbocycles. The molecule has 1 aliphatic rings. The zero-order valence-corrected chi connectivity index (χ0v) is 15.3. The summed E-state index contributed by atoms with van der Waals surface area (Å²) >= 11 is 0. The maximum Gasteiger partial charge on any atom is 0.272 e. The zero-order chi connectivity index (χ0) is 18.1. The summed E-state index contributed by atoms with van der Waals surface area (Å²) in [6, 6.07) is 8.27. The highest BCUT2D eigenvalue weighted by molar-refractivity contribution is 5.94. The van der Waals surface area contributed by atoms with Gasteiger partial charge in [0.05, 0.1) is 11.0 Å². The lowest BCUT2D eigenvalue weighted by Crippen LogP contribution is -2.38. The molecule has 2 heterocycles. The van der Waals surface area contributed by atoms with E-state index in [4.69, 9.17) is 4.98 Å². The molecule has 6 nitrogen and oxygen atoms in total. The van der Waals surface area contributed by atoms with E-state index < -0.39 is 0 Å². The summed E-state index contributed by atoms with van der Waals surface area (Å²) in [5.74, 6) is 1.32. The molecule has 0 bridgehead atoms. The number of benzene rings is 1. The van der Waals surface area contributed by atoms with Gasteiger partial charge in [0.15, 0.2) is 5.69 Å². The van der Waals surface area contributed by atoms with Crippen molar-refractivity contribution in [2.24, 2.45) is 0 Å². The quantitative estimate of drug-likeness (QED) is 0.671. The molecular formula is C20H25N5O. The first kappa shape index (κ1) is 16.8. The van der Waals surface area contributed by atoms with Gasteiger partial charge in [-0.25, -0.2) is 4.98 Å². The Bertz CT molecular complexity index is 892. The first-order chi connectivity index (χ1) is 12.7. The highest BCUT2D eigenvalue weighted by Gasteiger charge is 2.27. The molecule has 0 spiro atoms. The molecular weight excluding hydrogens is 326 g/mol. The number of nitrogens with zero attached hydrogens (tertiary/aromatic N) is 2. The van der Waals surface area contributed by atoms with Crippen LogP contribution in [-0.2, 0) is 6.42 Å². The van der Waals surface area contributed by atoms with Gasteiger partial charge in [-0.05, 0) is 44.7 Å². The van der Waals surface area contributed by atoms with E-state index in [1.54, 1.807) is 0 Å². The molecule has 2 atom stereocenters. The lowest BCUT2D eigenvalue weighted by Gasteiger charge is -2.28. The summed E-state index contributed by atoms with van der Waals surface area (Å²) in [6.07, 6.45) is 4.96. The average molecular weight is 351 g/mol. The van der Waals surface area contributed by atoms with Crippen molar-refractivity contribution in [2.75, 3.05) is 0 Å². The van der Waals surface area contributed by atoms with E-state index in [0.29, 0.717) is 11.6 Å². The van der Waals surface area contributed by atoms with Gasteiger partial charge in [-0.1, -0.05) is 25.5 Å². The Kier molecular flexibility index (Phi) is 4.49. The van der Waals surface area contributed by atoms with Crippen molar-refractivity contribution in [3.8, 4) is 0 Å². The minimum absolute atomic E-state index is 0.0753. The lowest BCUT2D eigenvalue weighted by molar-refractivity contribution is 0.0919. The summed E-state index contributed by atoms with van der Waals surface area (Å²) in [5, 5.41) is 10.4. The molecule has 1 amide bonds. The predicted octanol–water partition coefficient (Wildman–Crippen LogP) is 3.61. The van der Waals surface area contributed by atoms with Gasteiger partial charge in [-0.3, -0.25) is 9.89 Å². The molecule has 1 fully saturated rings. The van der Waals surface area contributed by atoms with Crippen LogP contribution in [0.3, 0.4) is 0 Å². The van der Waals surface area contributed by atoms with Crippen molar-refractivity contribution in [1.29, 1.82) is 0 Å². The summed E-state index contributed by atoms with van der Waals surface area (Å²) in [4.78, 5) is 20.8. The normalized spacial score (nSPS) is 20.4. The van der Waals surface area contributed by atoms with Crippen molar-refractivity contribution in [2.45, 2.75) is 57.9 Å². The van der Waals surface area contributed by atoms with E-state index >= 15 is 0 Å². The number of imidazole rings is 1. The number of nitrogens with one attached hydrogen (secondary N) is 3. The van der Waals surface area contributed by atoms with Gasteiger partial charge in [-0.15, -0.1) is 0 Å². The van der Waals surface area contributed by atoms with E-state index in [0.717, 1.165) is 60.2 Å². The number of aryl methyl sites for hydroxylation is 1. The number of amides is 1.